The molecule has 18 heavy (non-hydrogen) atoms. The van der Waals surface area contributed by atoms with E-state index in [0.29, 0.717) is 5.56 Å². The highest BCUT2D eigenvalue weighted by molar-refractivity contribution is 7.95. The molecule has 1 rings (SSSR count). The van der Waals surface area contributed by atoms with Gasteiger partial charge in [-0.2, -0.15) is 8.42 Å². The van der Waals surface area contributed by atoms with Crippen molar-refractivity contribution >= 4 is 21.0 Å². The van der Waals surface area contributed by atoms with E-state index in [1.807, 2.05) is 0 Å². The standard InChI is InChI=1S/C11H13NO5S/c1-7(18(15,16)17)9-4-2-8(3-5-9)6-10(12)11(13)14/h2-5,10H,1,6,12H2,(H,13,14)(H,15,16,17). The van der Waals surface area contributed by atoms with Gasteiger partial charge in [-0.1, -0.05) is 30.8 Å². The lowest BCUT2D eigenvalue weighted by molar-refractivity contribution is -0.138. The average molecular weight is 271 g/mol. The minimum absolute atomic E-state index is 0.133. The molecule has 0 heterocycles. The van der Waals surface area contributed by atoms with E-state index in [1.165, 1.54) is 24.3 Å². The van der Waals surface area contributed by atoms with Crippen molar-refractivity contribution in [1.29, 1.82) is 0 Å². The van der Waals surface area contributed by atoms with Gasteiger partial charge in [-0.15, -0.1) is 0 Å². The molecule has 0 spiro atoms. The predicted molar refractivity (Wildman–Crippen MR) is 66.3 cm³/mol. The Balaban J connectivity index is 2.87. The molecule has 0 aromatic heterocycles. The van der Waals surface area contributed by atoms with Gasteiger partial charge in [-0.3, -0.25) is 9.35 Å². The molecule has 1 atom stereocenters. The number of rotatable bonds is 5. The van der Waals surface area contributed by atoms with Crippen LogP contribution in [0.3, 0.4) is 0 Å². The van der Waals surface area contributed by atoms with Crippen molar-refractivity contribution in [3.63, 3.8) is 0 Å². The molecular weight excluding hydrogens is 258 g/mol. The third kappa shape index (κ3) is 3.66. The largest absolute Gasteiger partial charge is 0.480 e. The van der Waals surface area contributed by atoms with Crippen molar-refractivity contribution in [2.45, 2.75) is 12.5 Å². The van der Waals surface area contributed by atoms with E-state index >= 15 is 0 Å². The number of nitrogens with two attached hydrogens (primary N) is 1. The second kappa shape index (κ2) is 5.30. The molecule has 0 aliphatic heterocycles. The van der Waals surface area contributed by atoms with Gasteiger partial charge < -0.3 is 10.8 Å². The van der Waals surface area contributed by atoms with Gasteiger partial charge in [0.25, 0.3) is 10.1 Å². The van der Waals surface area contributed by atoms with Gasteiger partial charge in [0.05, 0.1) is 4.91 Å². The molecule has 0 aliphatic carbocycles. The maximum absolute atomic E-state index is 10.8. The first-order valence-corrected chi connectivity index (χ1v) is 6.40. The zero-order valence-electron chi connectivity index (χ0n) is 9.41. The first-order valence-electron chi connectivity index (χ1n) is 4.96. The molecule has 1 aromatic rings. The molecule has 98 valence electrons. The number of carboxylic acids is 1. The molecule has 0 aliphatic rings. The quantitative estimate of drug-likeness (QED) is 0.671. The summed E-state index contributed by atoms with van der Waals surface area (Å²) >= 11 is 0. The summed E-state index contributed by atoms with van der Waals surface area (Å²) in [5.41, 5.74) is 6.25. The van der Waals surface area contributed by atoms with Crippen LogP contribution < -0.4 is 5.73 Å². The van der Waals surface area contributed by atoms with E-state index in [-0.39, 0.29) is 12.0 Å². The summed E-state index contributed by atoms with van der Waals surface area (Å²) in [4.78, 5) is 10.2. The van der Waals surface area contributed by atoms with Crippen LogP contribution in [0.15, 0.2) is 30.8 Å². The minimum atomic E-state index is -4.32. The number of aliphatic carboxylic acids is 1. The molecule has 0 bridgehead atoms. The molecule has 6 nitrogen and oxygen atoms in total. The van der Waals surface area contributed by atoms with Crippen molar-refractivity contribution in [3.8, 4) is 0 Å². The molecule has 0 saturated heterocycles. The van der Waals surface area contributed by atoms with Crippen molar-refractivity contribution < 1.29 is 22.9 Å². The smallest absolute Gasteiger partial charge is 0.320 e. The lowest BCUT2D eigenvalue weighted by atomic mass is 10.0. The zero-order chi connectivity index (χ0) is 13.9. The highest BCUT2D eigenvalue weighted by Crippen LogP contribution is 2.18. The number of hydrogen-bond donors (Lipinski definition) is 3. The van der Waals surface area contributed by atoms with Gasteiger partial charge in [0, 0.05) is 0 Å². The summed E-state index contributed by atoms with van der Waals surface area (Å²) in [6.07, 6.45) is 0.133. The molecule has 0 saturated carbocycles. The van der Waals surface area contributed by atoms with E-state index in [2.05, 4.69) is 6.58 Å². The first kappa shape index (κ1) is 14.4. The molecule has 7 heteroatoms. The number of hydrogen-bond acceptors (Lipinski definition) is 4. The van der Waals surface area contributed by atoms with E-state index in [9.17, 15) is 13.2 Å². The molecule has 1 aromatic carbocycles. The average Bonchev–Trinajstić information content (AvgIpc) is 2.27. The fraction of sp³-hybridized carbons (Fsp3) is 0.182. The van der Waals surface area contributed by atoms with Crippen LogP contribution in [0.5, 0.6) is 0 Å². The van der Waals surface area contributed by atoms with Crippen LogP contribution in [0.1, 0.15) is 11.1 Å². The van der Waals surface area contributed by atoms with E-state index in [0.717, 1.165) is 0 Å². The van der Waals surface area contributed by atoms with Crippen molar-refractivity contribution in [1.82, 2.24) is 0 Å². The maximum Gasteiger partial charge on any atom is 0.320 e. The van der Waals surface area contributed by atoms with Crippen LogP contribution in [-0.2, 0) is 21.3 Å². The number of benzene rings is 1. The Hall–Kier alpha value is -1.70. The SMILES string of the molecule is C=C(c1ccc(CC(N)C(=O)O)cc1)S(=O)(=O)O. The Morgan fingerprint density at radius 2 is 1.83 bits per heavy atom. The Bertz CT molecular complexity index is 562. The Morgan fingerprint density at radius 1 is 1.33 bits per heavy atom. The number of carbonyl (C=O) groups is 1. The van der Waals surface area contributed by atoms with Gasteiger partial charge in [0.15, 0.2) is 0 Å². The van der Waals surface area contributed by atoms with E-state index < -0.39 is 27.0 Å². The molecule has 4 N–H and O–H groups in total. The zero-order valence-corrected chi connectivity index (χ0v) is 10.2. The highest BCUT2D eigenvalue weighted by Gasteiger charge is 2.15. The maximum atomic E-state index is 10.8. The first-order chi connectivity index (χ1) is 8.21. The van der Waals surface area contributed by atoms with Crippen LogP contribution >= 0.6 is 0 Å². The molecule has 0 radical (unpaired) electrons. The van der Waals surface area contributed by atoms with Crippen LogP contribution in [0, 0.1) is 0 Å². The summed E-state index contributed by atoms with van der Waals surface area (Å²) in [6, 6.07) is 4.92. The van der Waals surface area contributed by atoms with Crippen LogP contribution in [-0.4, -0.2) is 30.1 Å². The Kier molecular flexibility index (Phi) is 4.23. The van der Waals surface area contributed by atoms with Gasteiger partial charge in [-0.25, -0.2) is 0 Å². The van der Waals surface area contributed by atoms with Crippen molar-refractivity contribution in [2.24, 2.45) is 5.73 Å². The topological polar surface area (TPSA) is 118 Å². The Morgan fingerprint density at radius 3 is 2.22 bits per heavy atom. The summed E-state index contributed by atoms with van der Waals surface area (Å²) in [7, 11) is -4.32. The molecule has 0 fully saturated rings. The van der Waals surface area contributed by atoms with Gasteiger partial charge in [-0.05, 0) is 17.5 Å². The summed E-state index contributed by atoms with van der Waals surface area (Å²) in [5.74, 6) is -1.11. The summed E-state index contributed by atoms with van der Waals surface area (Å²) < 4.78 is 30.5. The van der Waals surface area contributed by atoms with E-state index in [4.69, 9.17) is 15.4 Å². The third-order valence-corrected chi connectivity index (χ3v) is 3.22. The monoisotopic (exact) mass is 271 g/mol. The normalized spacial score (nSPS) is 13.0. The fourth-order valence-corrected chi connectivity index (χ4v) is 1.75. The van der Waals surface area contributed by atoms with Crippen LogP contribution in [0.25, 0.3) is 4.91 Å². The second-order valence-electron chi connectivity index (χ2n) is 3.74. The summed E-state index contributed by atoms with van der Waals surface area (Å²) in [6.45, 7) is 3.26. The molecule has 0 amide bonds. The van der Waals surface area contributed by atoms with Gasteiger partial charge >= 0.3 is 5.97 Å². The lowest BCUT2D eigenvalue weighted by Crippen LogP contribution is -2.32. The number of carboxylic acid groups (broad SMARTS) is 1. The third-order valence-electron chi connectivity index (χ3n) is 2.36. The van der Waals surface area contributed by atoms with Gasteiger partial charge in [0.2, 0.25) is 0 Å². The predicted octanol–water partition coefficient (Wildman–Crippen LogP) is 0.500. The lowest BCUT2D eigenvalue weighted by Gasteiger charge is -2.07. The van der Waals surface area contributed by atoms with Crippen LogP contribution in [0.4, 0.5) is 0 Å². The van der Waals surface area contributed by atoms with Crippen molar-refractivity contribution in [3.05, 3.63) is 42.0 Å². The molecule has 1 unspecified atom stereocenters. The summed E-state index contributed by atoms with van der Waals surface area (Å²) in [5, 5.41) is 8.64. The second-order valence-corrected chi connectivity index (χ2v) is 5.19. The van der Waals surface area contributed by atoms with Gasteiger partial charge in [0.1, 0.15) is 6.04 Å². The highest BCUT2D eigenvalue weighted by atomic mass is 32.2. The Labute approximate surface area is 104 Å². The minimum Gasteiger partial charge on any atom is -0.480 e. The fourth-order valence-electron chi connectivity index (χ4n) is 1.32. The van der Waals surface area contributed by atoms with Crippen LogP contribution in [0.2, 0.25) is 0 Å². The van der Waals surface area contributed by atoms with Crippen molar-refractivity contribution in [2.75, 3.05) is 0 Å². The molecular formula is C11H13NO5S. The van der Waals surface area contributed by atoms with E-state index in [1.54, 1.807) is 0 Å².